The fourth-order valence-electron chi connectivity index (χ4n) is 1.61. The summed E-state index contributed by atoms with van der Waals surface area (Å²) in [7, 11) is -3.40. The van der Waals surface area contributed by atoms with Crippen LogP contribution in [-0.2, 0) is 10.0 Å². The van der Waals surface area contributed by atoms with Crippen LogP contribution >= 0.6 is 0 Å². The molecule has 2 N–H and O–H groups in total. The summed E-state index contributed by atoms with van der Waals surface area (Å²) < 4.78 is 26.5. The van der Waals surface area contributed by atoms with Crippen LogP contribution in [0.1, 0.15) is 27.2 Å². The van der Waals surface area contributed by atoms with Gasteiger partial charge in [-0.2, -0.15) is 0 Å². The van der Waals surface area contributed by atoms with Crippen LogP contribution in [0.3, 0.4) is 0 Å². The van der Waals surface area contributed by atoms with E-state index in [0.29, 0.717) is 23.0 Å². The summed E-state index contributed by atoms with van der Waals surface area (Å²) in [4.78, 5) is 0.315. The van der Waals surface area contributed by atoms with Gasteiger partial charge in [-0.3, -0.25) is 0 Å². The Morgan fingerprint density at radius 1 is 1.22 bits per heavy atom. The average Bonchev–Trinajstić information content (AvgIpc) is 2.29. The Morgan fingerprint density at radius 2 is 1.89 bits per heavy atom. The van der Waals surface area contributed by atoms with Gasteiger partial charge in [0.05, 0.1) is 5.69 Å². The van der Waals surface area contributed by atoms with Gasteiger partial charge in [0.15, 0.2) is 0 Å². The molecule has 0 aliphatic heterocycles. The molecule has 0 atom stereocenters. The lowest BCUT2D eigenvalue weighted by Gasteiger charge is -2.13. The maximum absolute atomic E-state index is 12.0. The summed E-state index contributed by atoms with van der Waals surface area (Å²) in [6, 6.07) is 6.99. The van der Waals surface area contributed by atoms with E-state index in [9.17, 15) is 8.42 Å². The third-order valence-corrected chi connectivity index (χ3v) is 4.15. The first-order valence-electron chi connectivity index (χ1n) is 6.30. The first-order valence-corrected chi connectivity index (χ1v) is 7.78. The van der Waals surface area contributed by atoms with E-state index in [4.69, 9.17) is 0 Å². The van der Waals surface area contributed by atoms with Crippen molar-refractivity contribution < 1.29 is 8.42 Å². The minimum atomic E-state index is -3.40. The molecule has 0 spiro atoms. The molecular weight excluding hydrogens is 248 g/mol. The molecule has 4 nitrogen and oxygen atoms in total. The van der Waals surface area contributed by atoms with E-state index < -0.39 is 10.0 Å². The van der Waals surface area contributed by atoms with Crippen molar-refractivity contribution in [3.05, 3.63) is 24.3 Å². The smallest absolute Gasteiger partial charge is 0.242 e. The van der Waals surface area contributed by atoms with Gasteiger partial charge in [-0.1, -0.05) is 32.9 Å². The summed E-state index contributed by atoms with van der Waals surface area (Å²) in [5, 5.41) is 3.19. The Balaban J connectivity index is 2.86. The second-order valence-electron chi connectivity index (χ2n) is 4.61. The van der Waals surface area contributed by atoms with Crippen molar-refractivity contribution in [2.75, 3.05) is 18.4 Å². The number of rotatable bonds is 7. The van der Waals surface area contributed by atoms with Crippen LogP contribution in [0.4, 0.5) is 5.69 Å². The lowest BCUT2D eigenvalue weighted by molar-refractivity contribution is 0.583. The highest BCUT2D eigenvalue weighted by atomic mass is 32.2. The van der Waals surface area contributed by atoms with Crippen molar-refractivity contribution in [3.63, 3.8) is 0 Å². The Kier molecular flexibility index (Phi) is 5.62. The molecule has 0 fully saturated rings. The fraction of sp³-hybridized carbons (Fsp3) is 0.538. The number of sulfonamides is 1. The largest absolute Gasteiger partial charge is 0.384 e. The van der Waals surface area contributed by atoms with Crippen LogP contribution in [0, 0.1) is 5.92 Å². The highest BCUT2D eigenvalue weighted by molar-refractivity contribution is 7.89. The summed E-state index contributed by atoms with van der Waals surface area (Å²) in [6.45, 7) is 7.22. The normalized spacial score (nSPS) is 11.8. The molecule has 0 aliphatic rings. The van der Waals surface area contributed by atoms with Gasteiger partial charge in [0, 0.05) is 13.1 Å². The van der Waals surface area contributed by atoms with E-state index in [1.807, 2.05) is 6.07 Å². The molecule has 1 aromatic carbocycles. The van der Waals surface area contributed by atoms with Gasteiger partial charge in [-0.25, -0.2) is 13.1 Å². The molecule has 0 saturated carbocycles. The number of hydrogen-bond acceptors (Lipinski definition) is 3. The van der Waals surface area contributed by atoms with Gasteiger partial charge in [0.2, 0.25) is 10.0 Å². The van der Waals surface area contributed by atoms with Crippen LogP contribution in [0.5, 0.6) is 0 Å². The lowest BCUT2D eigenvalue weighted by Crippen LogP contribution is -2.24. The molecule has 0 heterocycles. The first kappa shape index (κ1) is 15.0. The average molecular weight is 270 g/mol. The van der Waals surface area contributed by atoms with Crippen molar-refractivity contribution >= 4 is 15.7 Å². The van der Waals surface area contributed by atoms with Gasteiger partial charge >= 0.3 is 0 Å². The Labute approximate surface area is 110 Å². The monoisotopic (exact) mass is 270 g/mol. The molecule has 5 heteroatoms. The van der Waals surface area contributed by atoms with E-state index in [1.54, 1.807) is 25.1 Å². The Hall–Kier alpha value is -1.07. The number of nitrogens with one attached hydrogen (secondary N) is 2. The molecule has 0 amide bonds. The highest BCUT2D eigenvalue weighted by Gasteiger charge is 2.16. The Bertz CT molecular complexity index is 470. The minimum absolute atomic E-state index is 0.315. The van der Waals surface area contributed by atoms with Crippen molar-refractivity contribution in [1.82, 2.24) is 4.72 Å². The maximum Gasteiger partial charge on any atom is 0.242 e. The molecule has 1 rings (SSSR count). The first-order chi connectivity index (χ1) is 8.47. The van der Waals surface area contributed by atoms with Crippen LogP contribution in [0.2, 0.25) is 0 Å². The summed E-state index contributed by atoms with van der Waals surface area (Å²) in [5.41, 5.74) is 0.666. The molecule has 0 aromatic heterocycles. The highest BCUT2D eigenvalue weighted by Crippen LogP contribution is 2.20. The molecule has 18 heavy (non-hydrogen) atoms. The van der Waals surface area contributed by atoms with Crippen molar-refractivity contribution in [3.8, 4) is 0 Å². The van der Waals surface area contributed by atoms with Crippen molar-refractivity contribution in [2.45, 2.75) is 32.1 Å². The van der Waals surface area contributed by atoms with Gasteiger partial charge in [-0.15, -0.1) is 0 Å². The topological polar surface area (TPSA) is 58.2 Å². The molecule has 0 bridgehead atoms. The minimum Gasteiger partial charge on any atom is -0.384 e. The summed E-state index contributed by atoms with van der Waals surface area (Å²) >= 11 is 0. The zero-order valence-electron chi connectivity index (χ0n) is 11.2. The van der Waals surface area contributed by atoms with E-state index in [-0.39, 0.29) is 0 Å². The van der Waals surface area contributed by atoms with E-state index in [1.165, 1.54) is 0 Å². The van der Waals surface area contributed by atoms with Crippen LogP contribution in [-0.4, -0.2) is 21.5 Å². The molecule has 0 aliphatic carbocycles. The van der Waals surface area contributed by atoms with Crippen molar-refractivity contribution in [2.24, 2.45) is 5.92 Å². The standard InChI is InChI=1S/C13H22N2O2S/c1-4-15-18(16,17)13-8-6-5-7-12(13)14-10-9-11(2)3/h5-8,11,14-15H,4,9-10H2,1-3H3. The molecule has 0 unspecified atom stereocenters. The third-order valence-electron chi connectivity index (χ3n) is 2.55. The van der Waals surface area contributed by atoms with Crippen molar-refractivity contribution in [1.29, 1.82) is 0 Å². The molecule has 0 radical (unpaired) electrons. The van der Waals surface area contributed by atoms with Crippen LogP contribution in [0.25, 0.3) is 0 Å². The predicted octanol–water partition coefficient (Wildman–Crippen LogP) is 2.44. The number of anilines is 1. The maximum atomic E-state index is 12.0. The summed E-state index contributed by atoms with van der Waals surface area (Å²) in [5.74, 6) is 0.593. The lowest BCUT2D eigenvalue weighted by atomic mass is 10.1. The fourth-order valence-corrected chi connectivity index (χ4v) is 2.83. The SMILES string of the molecule is CCNS(=O)(=O)c1ccccc1NCCC(C)C. The zero-order valence-corrected chi connectivity index (χ0v) is 12.0. The van der Waals surface area contributed by atoms with Gasteiger partial charge in [0.25, 0.3) is 0 Å². The van der Waals surface area contributed by atoms with Gasteiger partial charge < -0.3 is 5.32 Å². The number of hydrogen-bond donors (Lipinski definition) is 2. The molecule has 102 valence electrons. The molecular formula is C13H22N2O2S. The van der Waals surface area contributed by atoms with E-state index in [0.717, 1.165) is 13.0 Å². The van der Waals surface area contributed by atoms with Gasteiger partial charge in [0.1, 0.15) is 4.90 Å². The number of benzene rings is 1. The van der Waals surface area contributed by atoms with E-state index in [2.05, 4.69) is 23.9 Å². The second-order valence-corrected chi connectivity index (χ2v) is 6.34. The third kappa shape index (κ3) is 4.31. The summed E-state index contributed by atoms with van der Waals surface area (Å²) in [6.07, 6.45) is 1.01. The quantitative estimate of drug-likeness (QED) is 0.800. The second kappa shape index (κ2) is 6.75. The predicted molar refractivity (Wildman–Crippen MR) is 75.2 cm³/mol. The molecule has 1 aromatic rings. The molecule has 0 saturated heterocycles. The van der Waals surface area contributed by atoms with Crippen LogP contribution < -0.4 is 10.0 Å². The number of para-hydroxylation sites is 1. The van der Waals surface area contributed by atoms with Crippen LogP contribution in [0.15, 0.2) is 29.2 Å². The van der Waals surface area contributed by atoms with E-state index >= 15 is 0 Å². The Morgan fingerprint density at radius 3 is 2.50 bits per heavy atom. The van der Waals surface area contributed by atoms with Gasteiger partial charge in [-0.05, 0) is 24.5 Å². The zero-order chi connectivity index (χ0) is 13.6.